The fourth-order valence-electron chi connectivity index (χ4n) is 3.15. The summed E-state index contributed by atoms with van der Waals surface area (Å²) in [6, 6.07) is 2.79. The van der Waals surface area contributed by atoms with Crippen LogP contribution in [-0.2, 0) is 9.59 Å². The van der Waals surface area contributed by atoms with Crippen LogP contribution in [0.4, 0.5) is 5.69 Å². The molecule has 2 unspecified atom stereocenters. The SMILES string of the molecule is Bc1ccc2nc(C)n(C3C(=O)NC(=O)CC3B)c(=O)c2c1N. The van der Waals surface area contributed by atoms with Crippen LogP contribution in [0, 0.1) is 6.92 Å². The van der Waals surface area contributed by atoms with Crippen molar-refractivity contribution in [2.24, 2.45) is 0 Å². The number of aromatic nitrogens is 2. The molecule has 2 atom stereocenters. The first kappa shape index (κ1) is 15.3. The van der Waals surface area contributed by atoms with Gasteiger partial charge in [-0.3, -0.25) is 24.3 Å². The van der Waals surface area contributed by atoms with Crippen molar-refractivity contribution < 1.29 is 9.59 Å². The van der Waals surface area contributed by atoms with Crippen LogP contribution < -0.4 is 22.1 Å². The van der Waals surface area contributed by atoms with E-state index in [4.69, 9.17) is 5.73 Å². The summed E-state index contributed by atoms with van der Waals surface area (Å²) in [5.74, 6) is -0.676. The van der Waals surface area contributed by atoms with E-state index in [1.165, 1.54) is 4.57 Å². The Hall–Kier alpha value is -2.57. The Balaban J connectivity index is 2.30. The van der Waals surface area contributed by atoms with Crippen LogP contribution >= 0.6 is 0 Å². The molecule has 1 aromatic carbocycles. The summed E-state index contributed by atoms with van der Waals surface area (Å²) in [4.78, 5) is 41.1. The van der Waals surface area contributed by atoms with Crippen molar-refractivity contribution in [1.82, 2.24) is 14.9 Å². The lowest BCUT2D eigenvalue weighted by atomic mass is 9.75. The maximum atomic E-state index is 13.0. The van der Waals surface area contributed by atoms with Crippen molar-refractivity contribution in [3.63, 3.8) is 0 Å². The maximum Gasteiger partial charge on any atom is 0.264 e. The number of nitrogens with two attached hydrogens (primary N) is 1. The predicted molar refractivity (Wildman–Crippen MR) is 92.4 cm³/mol. The highest BCUT2D eigenvalue weighted by atomic mass is 16.2. The number of aryl methyl sites for hydroxylation is 1. The lowest BCUT2D eigenvalue weighted by Gasteiger charge is -2.30. The Morgan fingerprint density at radius 3 is 2.70 bits per heavy atom. The molecule has 1 aromatic heterocycles. The van der Waals surface area contributed by atoms with Gasteiger partial charge in [0.25, 0.3) is 5.56 Å². The minimum Gasteiger partial charge on any atom is -0.398 e. The molecule has 1 fully saturated rings. The molecule has 1 aliphatic rings. The summed E-state index contributed by atoms with van der Waals surface area (Å²) in [6.45, 7) is 1.67. The molecule has 1 saturated heterocycles. The lowest BCUT2D eigenvalue weighted by molar-refractivity contribution is -0.135. The van der Waals surface area contributed by atoms with Gasteiger partial charge in [-0.1, -0.05) is 11.5 Å². The molecule has 1 aliphatic heterocycles. The number of rotatable bonds is 1. The molecule has 0 bridgehead atoms. The van der Waals surface area contributed by atoms with E-state index in [-0.39, 0.29) is 23.7 Å². The summed E-state index contributed by atoms with van der Waals surface area (Å²) in [5.41, 5.74) is 7.36. The highest BCUT2D eigenvalue weighted by molar-refractivity contribution is 6.37. The van der Waals surface area contributed by atoms with Gasteiger partial charge in [0.05, 0.1) is 10.9 Å². The fourth-order valence-corrected chi connectivity index (χ4v) is 3.15. The minimum atomic E-state index is -0.767. The van der Waals surface area contributed by atoms with E-state index in [9.17, 15) is 14.4 Å². The second-order valence-electron chi connectivity index (χ2n) is 6.06. The van der Waals surface area contributed by atoms with E-state index in [2.05, 4.69) is 10.3 Å². The number of nitrogens with zero attached hydrogens (tertiary/aromatic N) is 2. The van der Waals surface area contributed by atoms with Gasteiger partial charge >= 0.3 is 0 Å². The molecule has 3 rings (SSSR count). The smallest absolute Gasteiger partial charge is 0.264 e. The Labute approximate surface area is 134 Å². The molecule has 0 aliphatic carbocycles. The van der Waals surface area contributed by atoms with E-state index in [1.54, 1.807) is 20.8 Å². The molecule has 3 N–H and O–H groups in total. The maximum absolute atomic E-state index is 13.0. The van der Waals surface area contributed by atoms with Gasteiger partial charge in [-0.25, -0.2) is 4.98 Å². The molecule has 0 radical (unpaired) electrons. The van der Waals surface area contributed by atoms with Crippen LogP contribution in [0.1, 0.15) is 18.3 Å². The number of nitrogen functional groups attached to an aromatic ring is 1. The molecular weight excluding hydrogens is 294 g/mol. The summed E-state index contributed by atoms with van der Waals surface area (Å²) in [7, 11) is 3.59. The molecule has 116 valence electrons. The number of amides is 2. The third kappa shape index (κ3) is 2.32. The minimum absolute atomic E-state index is 0.184. The van der Waals surface area contributed by atoms with Gasteiger partial charge in [0.1, 0.15) is 27.6 Å². The highest BCUT2D eigenvalue weighted by Gasteiger charge is 2.36. The fraction of sp³-hybridized carbons (Fsp3) is 0.286. The number of piperidine rings is 1. The standard InChI is InChI=1S/C14H16B2N4O3/c1-5-18-8-3-2-6(15)11(17)10(8)14(23)20(5)12-7(16)4-9(21)19-13(12)22/h2-3,7,12H,4,15-17H2,1H3,(H,19,21,22). The highest BCUT2D eigenvalue weighted by Crippen LogP contribution is 2.28. The number of carbonyl (C=O) groups excluding carboxylic acids is 2. The van der Waals surface area contributed by atoms with Crippen LogP contribution in [0.5, 0.6) is 0 Å². The van der Waals surface area contributed by atoms with Gasteiger partial charge < -0.3 is 5.73 Å². The zero-order valence-electron chi connectivity index (χ0n) is 13.2. The quantitative estimate of drug-likeness (QED) is 0.346. The molecule has 2 aromatic rings. The van der Waals surface area contributed by atoms with Crippen molar-refractivity contribution in [3.05, 3.63) is 28.3 Å². The lowest BCUT2D eigenvalue weighted by Crippen LogP contribution is -2.48. The van der Waals surface area contributed by atoms with Crippen molar-refractivity contribution in [1.29, 1.82) is 0 Å². The van der Waals surface area contributed by atoms with Crippen LogP contribution in [0.3, 0.4) is 0 Å². The monoisotopic (exact) mass is 310 g/mol. The van der Waals surface area contributed by atoms with Gasteiger partial charge in [-0.05, 0) is 18.8 Å². The van der Waals surface area contributed by atoms with Gasteiger partial charge in [-0.15, -0.1) is 0 Å². The second kappa shape index (κ2) is 5.26. The van der Waals surface area contributed by atoms with Crippen LogP contribution in [-0.4, -0.2) is 37.1 Å². The van der Waals surface area contributed by atoms with Gasteiger partial charge in [-0.2, -0.15) is 0 Å². The Morgan fingerprint density at radius 1 is 1.35 bits per heavy atom. The van der Waals surface area contributed by atoms with Crippen molar-refractivity contribution in [2.75, 3.05) is 5.73 Å². The summed E-state index contributed by atoms with van der Waals surface area (Å²) in [6.07, 6.45) is 0.184. The van der Waals surface area contributed by atoms with E-state index in [0.717, 1.165) is 5.46 Å². The number of anilines is 1. The molecule has 9 heteroatoms. The first-order valence-corrected chi connectivity index (χ1v) is 7.43. The Kier molecular flexibility index (Phi) is 3.50. The summed E-state index contributed by atoms with van der Waals surface area (Å²) in [5, 5.41) is 2.60. The van der Waals surface area contributed by atoms with Crippen LogP contribution in [0.2, 0.25) is 5.82 Å². The van der Waals surface area contributed by atoms with E-state index in [1.807, 2.05) is 13.9 Å². The zero-order valence-corrected chi connectivity index (χ0v) is 13.2. The number of benzene rings is 1. The van der Waals surface area contributed by atoms with E-state index >= 15 is 0 Å². The molecule has 0 saturated carbocycles. The second-order valence-corrected chi connectivity index (χ2v) is 6.06. The van der Waals surface area contributed by atoms with Crippen molar-refractivity contribution >= 4 is 49.6 Å². The van der Waals surface area contributed by atoms with Crippen LogP contribution in [0.25, 0.3) is 10.9 Å². The average Bonchev–Trinajstić information content (AvgIpc) is 2.45. The Morgan fingerprint density at radius 2 is 2.04 bits per heavy atom. The third-order valence-electron chi connectivity index (χ3n) is 4.36. The molecule has 7 nitrogen and oxygen atoms in total. The largest absolute Gasteiger partial charge is 0.398 e. The number of carbonyl (C=O) groups is 2. The third-order valence-corrected chi connectivity index (χ3v) is 4.36. The number of hydrogen-bond donors (Lipinski definition) is 2. The van der Waals surface area contributed by atoms with Crippen LogP contribution in [0.15, 0.2) is 16.9 Å². The van der Waals surface area contributed by atoms with Gasteiger partial charge in [0, 0.05) is 12.1 Å². The normalized spacial score (nSPS) is 21.4. The topological polar surface area (TPSA) is 107 Å². The number of fused-ring (bicyclic) bond motifs is 1. The molecule has 2 amide bonds. The predicted octanol–water partition coefficient (Wildman–Crippen LogP) is -2.45. The summed E-state index contributed by atoms with van der Waals surface area (Å²) >= 11 is 0. The molecule has 0 spiro atoms. The Bertz CT molecular complexity index is 909. The molecular formula is C14H16B2N4O3. The first-order valence-electron chi connectivity index (χ1n) is 7.43. The number of hydrogen-bond acceptors (Lipinski definition) is 5. The molecule has 23 heavy (non-hydrogen) atoms. The van der Waals surface area contributed by atoms with Gasteiger partial charge in [0.15, 0.2) is 0 Å². The first-order chi connectivity index (χ1) is 10.8. The van der Waals surface area contributed by atoms with E-state index < -0.39 is 11.9 Å². The van der Waals surface area contributed by atoms with Crippen molar-refractivity contribution in [2.45, 2.75) is 25.2 Å². The summed E-state index contributed by atoms with van der Waals surface area (Å²) < 4.78 is 1.35. The van der Waals surface area contributed by atoms with E-state index in [0.29, 0.717) is 22.4 Å². The number of nitrogens with one attached hydrogen (secondary N) is 1. The van der Waals surface area contributed by atoms with Crippen molar-refractivity contribution in [3.8, 4) is 0 Å². The zero-order chi connectivity index (χ0) is 16.9. The molecule has 2 heterocycles. The number of imide groups is 1. The average molecular weight is 310 g/mol. The van der Waals surface area contributed by atoms with Gasteiger partial charge in [0.2, 0.25) is 11.8 Å².